The SMILES string of the molecule is FC(F)(F)c1ccnnn1. The summed E-state index contributed by atoms with van der Waals surface area (Å²) in [6.07, 6.45) is -3.48. The minimum absolute atomic E-state index is 0.757. The number of rotatable bonds is 0. The van der Waals surface area contributed by atoms with E-state index in [-0.39, 0.29) is 0 Å². The van der Waals surface area contributed by atoms with Gasteiger partial charge in [0.25, 0.3) is 0 Å². The largest absolute Gasteiger partial charge is 0.435 e. The number of nitrogens with zero attached hydrogens (tertiary/aromatic N) is 3. The first-order valence-corrected chi connectivity index (χ1v) is 2.32. The molecule has 3 nitrogen and oxygen atoms in total. The maximum Gasteiger partial charge on any atom is 0.435 e. The molecule has 0 fully saturated rings. The fourth-order valence-corrected chi connectivity index (χ4v) is 0.392. The van der Waals surface area contributed by atoms with Gasteiger partial charge < -0.3 is 0 Å². The van der Waals surface area contributed by atoms with E-state index in [4.69, 9.17) is 0 Å². The Morgan fingerprint density at radius 1 is 1.30 bits per heavy atom. The standard InChI is InChI=1S/C4H2F3N3/c5-4(6,7)3-1-2-8-10-9-3/h1-2H. The third-order valence-corrected chi connectivity index (χ3v) is 0.794. The van der Waals surface area contributed by atoms with Crippen molar-refractivity contribution in [1.82, 2.24) is 15.4 Å². The topological polar surface area (TPSA) is 38.7 Å². The van der Waals surface area contributed by atoms with Crippen LogP contribution in [-0.4, -0.2) is 15.4 Å². The quantitative estimate of drug-likeness (QED) is 0.549. The molecule has 6 heteroatoms. The zero-order valence-corrected chi connectivity index (χ0v) is 4.63. The third kappa shape index (κ3) is 1.40. The van der Waals surface area contributed by atoms with Crippen LogP contribution < -0.4 is 0 Å². The molecule has 10 heavy (non-hydrogen) atoms. The molecule has 0 aliphatic rings. The highest BCUT2D eigenvalue weighted by molar-refractivity contribution is 4.99. The summed E-state index contributed by atoms with van der Waals surface area (Å²) in [5.74, 6) is 0. The highest BCUT2D eigenvalue weighted by Gasteiger charge is 2.32. The molecule has 0 bridgehead atoms. The van der Waals surface area contributed by atoms with E-state index in [1.807, 2.05) is 0 Å². The molecule has 0 unspecified atom stereocenters. The molecular weight excluding hydrogens is 147 g/mol. The molecule has 0 saturated heterocycles. The van der Waals surface area contributed by atoms with Crippen LogP contribution in [0.25, 0.3) is 0 Å². The van der Waals surface area contributed by atoms with Crippen molar-refractivity contribution in [3.8, 4) is 0 Å². The minimum atomic E-state index is -4.42. The van der Waals surface area contributed by atoms with Gasteiger partial charge in [0.15, 0.2) is 5.69 Å². The van der Waals surface area contributed by atoms with Crippen molar-refractivity contribution in [3.05, 3.63) is 18.0 Å². The second-order valence-corrected chi connectivity index (χ2v) is 1.50. The van der Waals surface area contributed by atoms with Gasteiger partial charge in [0.1, 0.15) is 0 Å². The van der Waals surface area contributed by atoms with Crippen LogP contribution in [0.3, 0.4) is 0 Å². The second kappa shape index (κ2) is 2.20. The Hall–Kier alpha value is -1.20. The average molecular weight is 149 g/mol. The first kappa shape index (κ1) is 6.91. The summed E-state index contributed by atoms with van der Waals surface area (Å²) in [4.78, 5) is 0. The molecular formula is C4H2F3N3. The van der Waals surface area contributed by atoms with Crippen molar-refractivity contribution in [1.29, 1.82) is 0 Å². The molecule has 0 amide bonds. The van der Waals surface area contributed by atoms with Crippen LogP contribution in [0.15, 0.2) is 12.3 Å². The molecule has 54 valence electrons. The number of hydrogen-bond acceptors (Lipinski definition) is 3. The van der Waals surface area contributed by atoms with Gasteiger partial charge in [0.05, 0.1) is 6.20 Å². The van der Waals surface area contributed by atoms with Crippen LogP contribution in [0.4, 0.5) is 13.2 Å². The van der Waals surface area contributed by atoms with Crippen LogP contribution in [0.5, 0.6) is 0 Å². The lowest BCUT2D eigenvalue weighted by atomic mass is 10.4. The average Bonchev–Trinajstić information content (AvgIpc) is 1.88. The molecule has 1 heterocycles. The summed E-state index contributed by atoms with van der Waals surface area (Å²) >= 11 is 0. The number of halogens is 3. The Kier molecular flexibility index (Phi) is 1.52. The number of alkyl halides is 3. The smallest absolute Gasteiger partial charge is 0.164 e. The molecule has 1 aromatic rings. The fraction of sp³-hybridized carbons (Fsp3) is 0.250. The van der Waals surface area contributed by atoms with E-state index in [2.05, 4.69) is 15.4 Å². The van der Waals surface area contributed by atoms with Crippen LogP contribution in [0.1, 0.15) is 5.69 Å². The van der Waals surface area contributed by atoms with Crippen LogP contribution in [0, 0.1) is 0 Å². The molecule has 0 aliphatic heterocycles. The van der Waals surface area contributed by atoms with Gasteiger partial charge >= 0.3 is 6.18 Å². The summed E-state index contributed by atoms with van der Waals surface area (Å²) in [7, 11) is 0. The van der Waals surface area contributed by atoms with Gasteiger partial charge in [0.2, 0.25) is 0 Å². The molecule has 0 aromatic carbocycles. The van der Waals surface area contributed by atoms with Crippen molar-refractivity contribution >= 4 is 0 Å². The van der Waals surface area contributed by atoms with Gasteiger partial charge in [0, 0.05) is 0 Å². The summed E-state index contributed by atoms with van der Waals surface area (Å²) in [5, 5.41) is 8.69. The van der Waals surface area contributed by atoms with Gasteiger partial charge in [-0.15, -0.1) is 10.2 Å². The van der Waals surface area contributed by atoms with E-state index in [9.17, 15) is 13.2 Å². The zero-order chi connectivity index (χ0) is 7.61. The van der Waals surface area contributed by atoms with Crippen molar-refractivity contribution in [2.45, 2.75) is 6.18 Å². The number of hydrogen-bond donors (Lipinski definition) is 0. The lowest BCUT2D eigenvalue weighted by molar-refractivity contribution is -0.141. The van der Waals surface area contributed by atoms with Crippen LogP contribution in [0.2, 0.25) is 0 Å². The lowest BCUT2D eigenvalue weighted by Gasteiger charge is -2.00. The monoisotopic (exact) mass is 149 g/mol. The Morgan fingerprint density at radius 3 is 2.30 bits per heavy atom. The molecule has 0 atom stereocenters. The first-order chi connectivity index (χ1) is 4.61. The molecule has 1 aromatic heterocycles. The minimum Gasteiger partial charge on any atom is -0.164 e. The molecule has 0 saturated carbocycles. The van der Waals surface area contributed by atoms with E-state index in [0.29, 0.717) is 0 Å². The Labute approximate surface area is 53.9 Å². The predicted molar refractivity (Wildman–Crippen MR) is 24.8 cm³/mol. The number of aromatic nitrogens is 3. The maximum absolute atomic E-state index is 11.7. The molecule has 1 rings (SSSR count). The zero-order valence-electron chi connectivity index (χ0n) is 4.63. The van der Waals surface area contributed by atoms with E-state index < -0.39 is 11.9 Å². The molecule has 0 aliphatic carbocycles. The van der Waals surface area contributed by atoms with Gasteiger partial charge in [-0.05, 0) is 11.3 Å². The van der Waals surface area contributed by atoms with Crippen molar-refractivity contribution in [2.24, 2.45) is 0 Å². The van der Waals surface area contributed by atoms with Crippen molar-refractivity contribution in [2.75, 3.05) is 0 Å². The summed E-state index contributed by atoms with van der Waals surface area (Å²) in [5.41, 5.74) is -1.03. The Morgan fingerprint density at radius 2 is 2.00 bits per heavy atom. The van der Waals surface area contributed by atoms with Gasteiger partial charge in [-0.3, -0.25) is 0 Å². The second-order valence-electron chi connectivity index (χ2n) is 1.50. The highest BCUT2D eigenvalue weighted by Crippen LogP contribution is 2.25. The summed E-state index contributed by atoms with van der Waals surface area (Å²) < 4.78 is 35.0. The van der Waals surface area contributed by atoms with E-state index in [0.717, 1.165) is 12.3 Å². The molecule has 0 N–H and O–H groups in total. The fourth-order valence-electron chi connectivity index (χ4n) is 0.392. The van der Waals surface area contributed by atoms with E-state index in [1.54, 1.807) is 0 Å². The summed E-state index contributed by atoms with van der Waals surface area (Å²) in [6, 6.07) is 0.757. The lowest BCUT2D eigenvalue weighted by Crippen LogP contribution is -2.08. The third-order valence-electron chi connectivity index (χ3n) is 0.794. The molecule has 0 spiro atoms. The van der Waals surface area contributed by atoms with Crippen molar-refractivity contribution < 1.29 is 13.2 Å². The Balaban J connectivity index is 2.97. The van der Waals surface area contributed by atoms with E-state index >= 15 is 0 Å². The maximum atomic E-state index is 11.7. The first-order valence-electron chi connectivity index (χ1n) is 2.32. The van der Waals surface area contributed by atoms with Gasteiger partial charge in [-0.1, -0.05) is 0 Å². The molecule has 0 radical (unpaired) electrons. The normalized spacial score (nSPS) is 11.5. The van der Waals surface area contributed by atoms with Gasteiger partial charge in [-0.25, -0.2) is 0 Å². The van der Waals surface area contributed by atoms with Crippen LogP contribution in [-0.2, 0) is 6.18 Å². The van der Waals surface area contributed by atoms with Crippen molar-refractivity contribution in [3.63, 3.8) is 0 Å². The van der Waals surface area contributed by atoms with E-state index in [1.165, 1.54) is 0 Å². The highest BCUT2D eigenvalue weighted by atomic mass is 19.4. The predicted octanol–water partition coefficient (Wildman–Crippen LogP) is 0.890. The van der Waals surface area contributed by atoms with Gasteiger partial charge in [-0.2, -0.15) is 13.2 Å². The Bertz CT molecular complexity index is 207. The van der Waals surface area contributed by atoms with Crippen LogP contribution >= 0.6 is 0 Å². The summed E-state index contributed by atoms with van der Waals surface area (Å²) in [6.45, 7) is 0.